The van der Waals surface area contributed by atoms with Gasteiger partial charge in [-0.2, -0.15) is 0 Å². The van der Waals surface area contributed by atoms with Crippen LogP contribution in [0.15, 0.2) is 18.2 Å². The van der Waals surface area contributed by atoms with Crippen LogP contribution in [0.1, 0.15) is 35.0 Å². The number of aromatic carboxylic acids is 1. The molecule has 0 saturated carbocycles. The van der Waals surface area contributed by atoms with E-state index in [-0.39, 0.29) is 6.61 Å². The van der Waals surface area contributed by atoms with Crippen LogP contribution in [0.4, 0.5) is 0 Å². The molecule has 0 saturated heterocycles. The summed E-state index contributed by atoms with van der Waals surface area (Å²) < 4.78 is 2.16. The Morgan fingerprint density at radius 3 is 2.63 bits per heavy atom. The molecule has 0 spiro atoms. The highest BCUT2D eigenvalue weighted by molar-refractivity contribution is 5.95. The summed E-state index contributed by atoms with van der Waals surface area (Å²) in [6.45, 7) is 4.95. The largest absolute Gasteiger partial charge is 0.478 e. The van der Waals surface area contributed by atoms with Gasteiger partial charge in [-0.25, -0.2) is 4.79 Å². The minimum absolute atomic E-state index is 0.160. The Balaban J connectivity index is 2.65. The smallest absolute Gasteiger partial charge is 0.335 e. The van der Waals surface area contributed by atoms with E-state index in [1.54, 1.807) is 12.1 Å². The van der Waals surface area contributed by atoms with Gasteiger partial charge in [0, 0.05) is 24.2 Å². The number of carboxylic acids is 1. The van der Waals surface area contributed by atoms with Crippen molar-refractivity contribution in [3.05, 3.63) is 35.0 Å². The van der Waals surface area contributed by atoms with E-state index in [4.69, 9.17) is 10.2 Å². The number of fused-ring (bicyclic) bond motifs is 1. The van der Waals surface area contributed by atoms with Crippen LogP contribution in [0, 0.1) is 6.92 Å². The summed E-state index contributed by atoms with van der Waals surface area (Å²) in [7, 11) is 0. The lowest BCUT2D eigenvalue weighted by molar-refractivity contribution is 0.0697. The molecule has 0 amide bonds. The van der Waals surface area contributed by atoms with Gasteiger partial charge in [-0.3, -0.25) is 0 Å². The molecule has 2 aromatic rings. The fourth-order valence-corrected chi connectivity index (χ4v) is 2.55. The summed E-state index contributed by atoms with van der Waals surface area (Å²) in [6, 6.07) is 5.48. The zero-order valence-electron chi connectivity index (χ0n) is 11.3. The predicted octanol–water partition coefficient (Wildman–Crippen LogP) is 2.59. The number of carboxylic acid groups (broad SMARTS) is 1. The van der Waals surface area contributed by atoms with Crippen molar-refractivity contribution in [1.82, 2.24) is 4.57 Å². The van der Waals surface area contributed by atoms with Crippen LogP contribution in [0.3, 0.4) is 0 Å². The number of nitrogens with zero attached hydrogens (tertiary/aromatic N) is 1. The normalized spacial score (nSPS) is 11.1. The summed E-state index contributed by atoms with van der Waals surface area (Å²) in [5.74, 6) is -0.891. The molecule has 1 heterocycles. The number of rotatable bonds is 5. The quantitative estimate of drug-likeness (QED) is 0.869. The third-order valence-electron chi connectivity index (χ3n) is 3.45. The van der Waals surface area contributed by atoms with Crippen LogP contribution in [0.25, 0.3) is 10.9 Å². The van der Waals surface area contributed by atoms with Gasteiger partial charge in [0.2, 0.25) is 0 Å². The highest BCUT2D eigenvalue weighted by Crippen LogP contribution is 2.26. The topological polar surface area (TPSA) is 62.5 Å². The second-order valence-electron chi connectivity index (χ2n) is 4.75. The molecule has 0 atom stereocenters. The highest BCUT2D eigenvalue weighted by Gasteiger charge is 2.13. The van der Waals surface area contributed by atoms with Gasteiger partial charge < -0.3 is 14.8 Å². The molecular formula is C15H19NO3. The number of aliphatic hydroxyl groups excluding tert-OH is 1. The van der Waals surface area contributed by atoms with E-state index < -0.39 is 5.97 Å². The second kappa shape index (κ2) is 5.45. The predicted molar refractivity (Wildman–Crippen MR) is 74.7 cm³/mol. The summed E-state index contributed by atoms with van der Waals surface area (Å²) in [6.07, 6.45) is 1.49. The van der Waals surface area contributed by atoms with Gasteiger partial charge in [0.1, 0.15) is 0 Å². The Labute approximate surface area is 112 Å². The van der Waals surface area contributed by atoms with Crippen molar-refractivity contribution in [3.8, 4) is 0 Å². The lowest BCUT2D eigenvalue weighted by atomic mass is 10.0. The SMILES string of the molecule is CCc1cc(C(=O)O)cc2cc(C)n(CCCO)c12. The van der Waals surface area contributed by atoms with Crippen molar-refractivity contribution in [2.45, 2.75) is 33.2 Å². The molecule has 19 heavy (non-hydrogen) atoms. The van der Waals surface area contributed by atoms with E-state index in [9.17, 15) is 4.79 Å². The first-order valence-electron chi connectivity index (χ1n) is 6.55. The summed E-state index contributed by atoms with van der Waals surface area (Å²) in [5.41, 5.74) is 3.57. The highest BCUT2D eigenvalue weighted by atomic mass is 16.4. The molecule has 1 aromatic heterocycles. The van der Waals surface area contributed by atoms with Gasteiger partial charge in [0.25, 0.3) is 0 Å². The number of aromatic nitrogens is 1. The molecule has 0 aliphatic heterocycles. The number of aliphatic hydroxyl groups is 1. The average molecular weight is 261 g/mol. The molecule has 4 nitrogen and oxygen atoms in total. The number of carbonyl (C=O) groups is 1. The molecule has 0 unspecified atom stereocenters. The number of hydrogen-bond donors (Lipinski definition) is 2. The van der Waals surface area contributed by atoms with Gasteiger partial charge in [0.15, 0.2) is 0 Å². The van der Waals surface area contributed by atoms with E-state index in [1.165, 1.54) is 0 Å². The Bertz CT molecular complexity index is 613. The Morgan fingerprint density at radius 1 is 1.32 bits per heavy atom. The fraction of sp³-hybridized carbons (Fsp3) is 0.400. The molecule has 4 heteroatoms. The van der Waals surface area contributed by atoms with Crippen molar-refractivity contribution in [1.29, 1.82) is 0 Å². The Hall–Kier alpha value is -1.81. The van der Waals surface area contributed by atoms with Crippen molar-refractivity contribution < 1.29 is 15.0 Å². The van der Waals surface area contributed by atoms with Crippen molar-refractivity contribution in [2.75, 3.05) is 6.61 Å². The zero-order valence-corrected chi connectivity index (χ0v) is 11.3. The van der Waals surface area contributed by atoms with Gasteiger partial charge in [-0.1, -0.05) is 6.92 Å². The third kappa shape index (κ3) is 2.49. The van der Waals surface area contributed by atoms with E-state index in [1.807, 2.05) is 19.9 Å². The monoisotopic (exact) mass is 261 g/mol. The summed E-state index contributed by atoms with van der Waals surface area (Å²) in [5, 5.41) is 19.1. The maximum atomic E-state index is 11.1. The minimum atomic E-state index is -0.891. The van der Waals surface area contributed by atoms with Crippen LogP contribution < -0.4 is 0 Å². The van der Waals surface area contributed by atoms with Crippen LogP contribution in [0.5, 0.6) is 0 Å². The van der Waals surface area contributed by atoms with Crippen molar-refractivity contribution in [2.24, 2.45) is 0 Å². The molecule has 0 bridgehead atoms. The summed E-state index contributed by atoms with van der Waals surface area (Å²) in [4.78, 5) is 11.1. The van der Waals surface area contributed by atoms with E-state index >= 15 is 0 Å². The Kier molecular flexibility index (Phi) is 3.90. The van der Waals surface area contributed by atoms with Crippen LogP contribution in [-0.4, -0.2) is 27.4 Å². The molecule has 2 rings (SSSR count). The minimum Gasteiger partial charge on any atom is -0.478 e. The Morgan fingerprint density at radius 2 is 2.05 bits per heavy atom. The van der Waals surface area contributed by atoms with Gasteiger partial charge in [-0.15, -0.1) is 0 Å². The molecule has 0 radical (unpaired) electrons. The van der Waals surface area contributed by atoms with Gasteiger partial charge >= 0.3 is 5.97 Å². The maximum Gasteiger partial charge on any atom is 0.335 e. The molecule has 102 valence electrons. The molecule has 0 aliphatic carbocycles. The molecule has 0 aliphatic rings. The van der Waals surface area contributed by atoms with Crippen LogP contribution in [-0.2, 0) is 13.0 Å². The van der Waals surface area contributed by atoms with Crippen molar-refractivity contribution in [3.63, 3.8) is 0 Å². The van der Waals surface area contributed by atoms with E-state index in [0.29, 0.717) is 12.0 Å². The molecule has 2 N–H and O–H groups in total. The number of hydrogen-bond acceptors (Lipinski definition) is 2. The van der Waals surface area contributed by atoms with Gasteiger partial charge in [-0.05, 0) is 43.5 Å². The third-order valence-corrected chi connectivity index (χ3v) is 3.45. The number of benzene rings is 1. The summed E-state index contributed by atoms with van der Waals surface area (Å²) >= 11 is 0. The number of aryl methyl sites for hydroxylation is 3. The second-order valence-corrected chi connectivity index (χ2v) is 4.75. The first kappa shape index (κ1) is 13.6. The van der Waals surface area contributed by atoms with Gasteiger partial charge in [0.05, 0.1) is 11.1 Å². The lowest BCUT2D eigenvalue weighted by Crippen LogP contribution is -2.04. The van der Waals surface area contributed by atoms with Crippen molar-refractivity contribution >= 4 is 16.9 Å². The fourth-order valence-electron chi connectivity index (χ4n) is 2.55. The maximum absolute atomic E-state index is 11.1. The van der Waals surface area contributed by atoms with Crippen LogP contribution >= 0.6 is 0 Å². The average Bonchev–Trinajstić information content (AvgIpc) is 2.70. The molecule has 0 fully saturated rings. The van der Waals surface area contributed by atoms with E-state index in [2.05, 4.69) is 4.57 Å². The van der Waals surface area contributed by atoms with Crippen LogP contribution in [0.2, 0.25) is 0 Å². The lowest BCUT2D eigenvalue weighted by Gasteiger charge is -2.11. The van der Waals surface area contributed by atoms with E-state index in [0.717, 1.165) is 35.1 Å². The first-order chi connectivity index (χ1) is 9.08. The molecule has 1 aromatic carbocycles. The molecular weight excluding hydrogens is 242 g/mol. The zero-order chi connectivity index (χ0) is 14.0. The standard InChI is InChI=1S/C15H19NO3/c1-3-11-8-13(15(18)19)9-12-7-10(2)16(14(11)12)5-4-6-17/h7-9,17H,3-6H2,1-2H3,(H,18,19). The first-order valence-corrected chi connectivity index (χ1v) is 6.55.